The van der Waals surface area contributed by atoms with Gasteiger partial charge in [-0.15, -0.1) is 0 Å². The third kappa shape index (κ3) is 3.78. The first kappa shape index (κ1) is 20.4. The minimum Gasteiger partial charge on any atom is -0.367 e. The number of piperidine rings is 1. The monoisotopic (exact) mass is 422 g/mol. The van der Waals surface area contributed by atoms with E-state index in [4.69, 9.17) is 0 Å². The molecule has 2 atom stereocenters. The fourth-order valence-electron chi connectivity index (χ4n) is 4.17. The van der Waals surface area contributed by atoms with E-state index in [-0.39, 0.29) is 5.69 Å². The van der Waals surface area contributed by atoms with Crippen LogP contribution in [0.1, 0.15) is 41.2 Å². The Kier molecular flexibility index (Phi) is 5.26. The van der Waals surface area contributed by atoms with Crippen LogP contribution >= 0.6 is 0 Å². The number of hydrogen-bond donors (Lipinski definition) is 1. The topological polar surface area (TPSA) is 32.3 Å². The van der Waals surface area contributed by atoms with Crippen molar-refractivity contribution in [3.05, 3.63) is 77.0 Å². The number of alkyl halides is 3. The standard InChI is InChI=1S/C22H19F5N2O/c23-18-6-3-5-16(19(18)24)21(30)28-14-9-7-13(8-10-14)20-17(22(25,26)27)12-15-4-1-2-11-29(15)20/h3,5-10,12,17,20H,1-2,4,11H2,(H,28,30). The van der Waals surface area contributed by atoms with Crippen molar-refractivity contribution < 1.29 is 26.7 Å². The van der Waals surface area contributed by atoms with E-state index in [1.807, 2.05) is 4.90 Å². The summed E-state index contributed by atoms with van der Waals surface area (Å²) in [6, 6.07) is 8.45. The Bertz CT molecular complexity index is 984. The largest absolute Gasteiger partial charge is 0.397 e. The van der Waals surface area contributed by atoms with Gasteiger partial charge in [0, 0.05) is 17.9 Å². The smallest absolute Gasteiger partial charge is 0.367 e. The van der Waals surface area contributed by atoms with Gasteiger partial charge < -0.3 is 10.2 Å². The second-order valence-electron chi connectivity index (χ2n) is 7.50. The van der Waals surface area contributed by atoms with E-state index in [1.54, 1.807) is 0 Å². The van der Waals surface area contributed by atoms with Crippen molar-refractivity contribution in [1.82, 2.24) is 4.90 Å². The van der Waals surface area contributed by atoms with Gasteiger partial charge in [-0.05, 0) is 49.1 Å². The molecular weight excluding hydrogens is 403 g/mol. The Morgan fingerprint density at radius 3 is 2.47 bits per heavy atom. The van der Waals surface area contributed by atoms with Crippen molar-refractivity contribution in [2.24, 2.45) is 5.92 Å². The van der Waals surface area contributed by atoms with E-state index in [1.165, 1.54) is 36.4 Å². The molecule has 2 heterocycles. The van der Waals surface area contributed by atoms with Crippen molar-refractivity contribution in [2.45, 2.75) is 31.5 Å². The number of fused-ring (bicyclic) bond motifs is 1. The SMILES string of the molecule is O=C(Nc1ccc(C2C(C(F)(F)F)C=C3CCCCN32)cc1)c1cccc(F)c1F. The number of halogens is 5. The molecule has 2 unspecified atom stereocenters. The average Bonchev–Trinajstić information content (AvgIpc) is 3.11. The zero-order valence-corrected chi connectivity index (χ0v) is 15.8. The number of carbonyl (C=O) groups is 1. The number of nitrogens with zero attached hydrogens (tertiary/aromatic N) is 1. The quantitative estimate of drug-likeness (QED) is 0.632. The maximum Gasteiger partial charge on any atom is 0.397 e. The van der Waals surface area contributed by atoms with Gasteiger partial charge in [0.2, 0.25) is 0 Å². The molecule has 2 aliphatic rings. The molecule has 0 saturated carbocycles. The van der Waals surface area contributed by atoms with E-state index in [9.17, 15) is 26.7 Å². The lowest BCUT2D eigenvalue weighted by Gasteiger charge is -2.36. The Hall–Kier alpha value is -2.90. The summed E-state index contributed by atoms with van der Waals surface area (Å²) in [5, 5.41) is 2.45. The zero-order chi connectivity index (χ0) is 21.5. The van der Waals surface area contributed by atoms with Gasteiger partial charge in [-0.1, -0.05) is 24.3 Å². The highest BCUT2D eigenvalue weighted by atomic mass is 19.4. The van der Waals surface area contributed by atoms with E-state index in [0.29, 0.717) is 18.5 Å². The van der Waals surface area contributed by atoms with Crippen molar-refractivity contribution in [2.75, 3.05) is 11.9 Å². The predicted octanol–water partition coefficient (Wildman–Crippen LogP) is 5.82. The maximum atomic E-state index is 13.8. The first-order valence-corrected chi connectivity index (χ1v) is 9.65. The first-order chi connectivity index (χ1) is 14.3. The van der Waals surface area contributed by atoms with E-state index >= 15 is 0 Å². The molecule has 158 valence electrons. The number of rotatable bonds is 3. The summed E-state index contributed by atoms with van der Waals surface area (Å²) >= 11 is 0. The van der Waals surface area contributed by atoms with Gasteiger partial charge in [0.25, 0.3) is 5.91 Å². The van der Waals surface area contributed by atoms with Crippen LogP contribution < -0.4 is 5.32 Å². The molecule has 2 aromatic rings. The lowest BCUT2D eigenvalue weighted by Crippen LogP contribution is -2.35. The van der Waals surface area contributed by atoms with Crippen LogP contribution in [-0.2, 0) is 0 Å². The van der Waals surface area contributed by atoms with Crippen LogP contribution in [0.15, 0.2) is 54.2 Å². The summed E-state index contributed by atoms with van der Waals surface area (Å²) in [6.07, 6.45) is -0.688. The van der Waals surface area contributed by atoms with Gasteiger partial charge in [0.1, 0.15) is 0 Å². The van der Waals surface area contributed by atoms with Gasteiger partial charge in [0.05, 0.1) is 17.5 Å². The number of allylic oxidation sites excluding steroid dienone is 1. The Morgan fingerprint density at radius 2 is 1.77 bits per heavy atom. The minimum absolute atomic E-state index is 0.279. The highest BCUT2D eigenvalue weighted by Gasteiger charge is 2.50. The molecule has 0 aromatic heterocycles. The molecule has 0 radical (unpaired) electrons. The second-order valence-corrected chi connectivity index (χ2v) is 7.50. The van der Waals surface area contributed by atoms with Gasteiger partial charge in [-0.25, -0.2) is 8.78 Å². The summed E-state index contributed by atoms with van der Waals surface area (Å²) in [4.78, 5) is 14.0. The molecule has 1 amide bonds. The predicted molar refractivity (Wildman–Crippen MR) is 102 cm³/mol. The van der Waals surface area contributed by atoms with E-state index < -0.39 is 41.2 Å². The molecule has 0 aliphatic carbocycles. The van der Waals surface area contributed by atoms with Gasteiger partial charge in [-0.3, -0.25) is 4.79 Å². The molecule has 1 saturated heterocycles. The Morgan fingerprint density at radius 1 is 1.03 bits per heavy atom. The number of benzene rings is 2. The molecule has 0 bridgehead atoms. The van der Waals surface area contributed by atoms with E-state index in [2.05, 4.69) is 5.32 Å². The fraction of sp³-hybridized carbons (Fsp3) is 0.318. The van der Waals surface area contributed by atoms with Crippen molar-refractivity contribution in [1.29, 1.82) is 0 Å². The van der Waals surface area contributed by atoms with Crippen LogP contribution in [0.25, 0.3) is 0 Å². The van der Waals surface area contributed by atoms with Crippen LogP contribution in [-0.4, -0.2) is 23.5 Å². The summed E-state index contributed by atoms with van der Waals surface area (Å²) in [5.41, 5.74) is 1.04. The number of amides is 1. The van der Waals surface area contributed by atoms with Crippen LogP contribution in [0.3, 0.4) is 0 Å². The van der Waals surface area contributed by atoms with E-state index in [0.717, 1.165) is 30.7 Å². The average molecular weight is 422 g/mol. The summed E-state index contributed by atoms with van der Waals surface area (Å²) in [6.45, 7) is 0.570. The fourth-order valence-corrected chi connectivity index (χ4v) is 4.17. The molecular formula is C22H19F5N2O. The number of anilines is 1. The third-order valence-corrected chi connectivity index (χ3v) is 5.58. The maximum absolute atomic E-state index is 13.8. The lowest BCUT2D eigenvalue weighted by molar-refractivity contribution is -0.171. The highest BCUT2D eigenvalue weighted by molar-refractivity contribution is 6.04. The summed E-state index contributed by atoms with van der Waals surface area (Å²) in [5.74, 6) is -4.82. The summed E-state index contributed by atoms with van der Waals surface area (Å²) < 4.78 is 68.1. The number of carbonyl (C=O) groups excluding carboxylic acids is 1. The normalized spacial score (nSPS) is 21.2. The van der Waals surface area contributed by atoms with Crippen LogP contribution in [0.5, 0.6) is 0 Å². The summed E-state index contributed by atoms with van der Waals surface area (Å²) in [7, 11) is 0. The van der Waals surface area contributed by atoms with Crippen LogP contribution in [0.2, 0.25) is 0 Å². The molecule has 0 spiro atoms. The van der Waals surface area contributed by atoms with Crippen molar-refractivity contribution in [3.8, 4) is 0 Å². The van der Waals surface area contributed by atoms with Crippen LogP contribution in [0, 0.1) is 17.6 Å². The van der Waals surface area contributed by atoms with Gasteiger partial charge in [0.15, 0.2) is 11.6 Å². The molecule has 1 fully saturated rings. The first-order valence-electron chi connectivity index (χ1n) is 9.65. The molecule has 3 nitrogen and oxygen atoms in total. The molecule has 30 heavy (non-hydrogen) atoms. The van der Waals surface area contributed by atoms with Gasteiger partial charge >= 0.3 is 6.18 Å². The molecule has 2 aliphatic heterocycles. The third-order valence-electron chi connectivity index (χ3n) is 5.58. The molecule has 8 heteroatoms. The minimum atomic E-state index is -4.36. The molecule has 1 N–H and O–H groups in total. The van der Waals surface area contributed by atoms with Crippen molar-refractivity contribution >= 4 is 11.6 Å². The van der Waals surface area contributed by atoms with Crippen LogP contribution in [0.4, 0.5) is 27.6 Å². The molecule has 4 rings (SSSR count). The number of nitrogens with one attached hydrogen (secondary N) is 1. The van der Waals surface area contributed by atoms with Gasteiger partial charge in [-0.2, -0.15) is 13.2 Å². The highest BCUT2D eigenvalue weighted by Crippen LogP contribution is 2.49. The Labute approximate surface area is 170 Å². The molecule has 2 aromatic carbocycles. The zero-order valence-electron chi connectivity index (χ0n) is 15.8. The Balaban J connectivity index is 1.55. The number of hydrogen-bond acceptors (Lipinski definition) is 2. The van der Waals surface area contributed by atoms with Crippen molar-refractivity contribution in [3.63, 3.8) is 0 Å². The lowest BCUT2D eigenvalue weighted by atomic mass is 9.93. The second kappa shape index (κ2) is 7.74.